The molecule has 28 heavy (non-hydrogen) atoms. The average Bonchev–Trinajstić information content (AvgIpc) is 2.68. The van der Waals surface area contributed by atoms with E-state index in [9.17, 15) is 18.4 Å². The van der Waals surface area contributed by atoms with E-state index in [1.807, 2.05) is 0 Å². The van der Waals surface area contributed by atoms with Crippen molar-refractivity contribution in [2.24, 2.45) is 0 Å². The lowest BCUT2D eigenvalue weighted by Gasteiger charge is -2.12. The van der Waals surface area contributed by atoms with Crippen molar-refractivity contribution in [2.45, 2.75) is 25.2 Å². The zero-order valence-corrected chi connectivity index (χ0v) is 15.6. The number of rotatable bonds is 7. The molecule has 2 aromatic heterocycles. The number of nitrogens with one attached hydrogen (secondary N) is 1. The van der Waals surface area contributed by atoms with Gasteiger partial charge in [-0.25, -0.2) is 9.97 Å². The van der Waals surface area contributed by atoms with Crippen molar-refractivity contribution in [3.8, 4) is 5.75 Å². The van der Waals surface area contributed by atoms with Crippen LogP contribution in [0.3, 0.4) is 0 Å². The molecule has 0 saturated heterocycles. The highest BCUT2D eigenvalue weighted by atomic mass is 32.2. The lowest BCUT2D eigenvalue weighted by atomic mass is 10.3. The van der Waals surface area contributed by atoms with Gasteiger partial charge in [0.25, 0.3) is 5.56 Å². The third-order valence-corrected chi connectivity index (χ3v) is 4.70. The predicted molar refractivity (Wildman–Crippen MR) is 102 cm³/mol. The fourth-order valence-corrected chi connectivity index (χ4v) is 3.36. The Morgan fingerprint density at radius 1 is 1.29 bits per heavy atom. The first-order chi connectivity index (χ1) is 13.5. The molecular weight excluding hydrogens is 390 g/mol. The van der Waals surface area contributed by atoms with Gasteiger partial charge in [0.05, 0.1) is 16.8 Å². The molecule has 1 amide bonds. The van der Waals surface area contributed by atoms with Gasteiger partial charge < -0.3 is 10.1 Å². The van der Waals surface area contributed by atoms with Crippen LogP contribution in [0.1, 0.15) is 6.92 Å². The predicted octanol–water partition coefficient (Wildman–Crippen LogP) is 3.14. The molecule has 0 fully saturated rings. The smallest absolute Gasteiger partial charge is 0.387 e. The Labute approximate surface area is 162 Å². The first-order valence-electron chi connectivity index (χ1n) is 8.31. The number of alkyl halides is 2. The van der Waals surface area contributed by atoms with Crippen molar-refractivity contribution in [3.63, 3.8) is 0 Å². The highest BCUT2D eigenvalue weighted by molar-refractivity contribution is 7.99. The fraction of sp³-hybridized carbons (Fsp3) is 0.222. The first-order valence-corrected chi connectivity index (χ1v) is 9.30. The van der Waals surface area contributed by atoms with E-state index in [-0.39, 0.29) is 22.7 Å². The van der Waals surface area contributed by atoms with E-state index >= 15 is 0 Å². The van der Waals surface area contributed by atoms with E-state index in [1.165, 1.54) is 29.0 Å². The third kappa shape index (κ3) is 4.45. The molecule has 0 radical (unpaired) electrons. The van der Waals surface area contributed by atoms with Crippen LogP contribution in [0.2, 0.25) is 0 Å². The molecule has 0 unspecified atom stereocenters. The number of nitrogens with zero attached hydrogens (tertiary/aromatic N) is 3. The summed E-state index contributed by atoms with van der Waals surface area (Å²) in [5.41, 5.74) is 0.199. The summed E-state index contributed by atoms with van der Waals surface area (Å²) in [5, 5.41) is 3.28. The largest absolute Gasteiger partial charge is 0.433 e. The minimum Gasteiger partial charge on any atom is -0.433 e. The van der Waals surface area contributed by atoms with E-state index in [1.54, 1.807) is 25.1 Å². The number of ether oxygens (including phenoxy) is 1. The number of pyridine rings is 1. The second-order valence-corrected chi connectivity index (χ2v) is 6.47. The summed E-state index contributed by atoms with van der Waals surface area (Å²) >= 11 is 1.06. The van der Waals surface area contributed by atoms with Crippen LogP contribution in [0.4, 0.5) is 14.5 Å². The van der Waals surface area contributed by atoms with Gasteiger partial charge in [0.2, 0.25) is 5.91 Å². The molecule has 0 atom stereocenters. The lowest BCUT2D eigenvalue weighted by molar-refractivity contribution is -0.113. The van der Waals surface area contributed by atoms with Gasteiger partial charge in [-0.3, -0.25) is 14.2 Å². The summed E-state index contributed by atoms with van der Waals surface area (Å²) in [7, 11) is 0. The van der Waals surface area contributed by atoms with Crippen LogP contribution in [0, 0.1) is 0 Å². The number of hydrogen-bond donors (Lipinski definition) is 1. The molecule has 3 aromatic rings. The van der Waals surface area contributed by atoms with Gasteiger partial charge in [-0.05, 0) is 31.2 Å². The van der Waals surface area contributed by atoms with E-state index in [0.29, 0.717) is 22.7 Å². The number of carbonyl (C=O) groups is 1. The molecule has 0 saturated carbocycles. The molecule has 1 aromatic carbocycles. The molecule has 2 heterocycles. The van der Waals surface area contributed by atoms with Gasteiger partial charge in [0, 0.05) is 12.7 Å². The molecular formula is C18H16F2N4O3S. The van der Waals surface area contributed by atoms with Gasteiger partial charge in [-0.15, -0.1) is 0 Å². The van der Waals surface area contributed by atoms with Crippen LogP contribution in [-0.4, -0.2) is 32.8 Å². The SMILES string of the molecule is CCn1c(SCC(=O)Nc2ccccc2OC(F)F)nc2ncccc2c1=O. The minimum absolute atomic E-state index is 0.0756. The summed E-state index contributed by atoms with van der Waals surface area (Å²) in [5.74, 6) is -0.656. The number of amides is 1. The van der Waals surface area contributed by atoms with Crippen molar-refractivity contribution in [1.29, 1.82) is 0 Å². The fourth-order valence-electron chi connectivity index (χ4n) is 2.51. The lowest BCUT2D eigenvalue weighted by Crippen LogP contribution is -2.24. The number of anilines is 1. The van der Waals surface area contributed by atoms with Crippen LogP contribution in [-0.2, 0) is 11.3 Å². The summed E-state index contributed by atoms with van der Waals surface area (Å²) < 4.78 is 30.8. The Hall–Kier alpha value is -3.01. The van der Waals surface area contributed by atoms with Gasteiger partial charge in [0.15, 0.2) is 10.8 Å². The van der Waals surface area contributed by atoms with Crippen LogP contribution >= 0.6 is 11.8 Å². The Morgan fingerprint density at radius 2 is 2.07 bits per heavy atom. The summed E-state index contributed by atoms with van der Waals surface area (Å²) in [6.07, 6.45) is 1.53. The number of carbonyl (C=O) groups excluding carboxylic acids is 1. The van der Waals surface area contributed by atoms with Crippen molar-refractivity contribution in [1.82, 2.24) is 14.5 Å². The highest BCUT2D eigenvalue weighted by Gasteiger charge is 2.15. The van der Waals surface area contributed by atoms with E-state index in [0.717, 1.165) is 11.8 Å². The third-order valence-electron chi connectivity index (χ3n) is 3.72. The quantitative estimate of drug-likeness (QED) is 0.479. The molecule has 0 aliphatic carbocycles. The standard InChI is InChI=1S/C18H16F2N4O3S/c1-2-24-16(26)11-6-5-9-21-15(11)23-18(24)28-10-14(25)22-12-7-3-4-8-13(12)27-17(19)20/h3-9,17H,2,10H2,1H3,(H,22,25). The zero-order valence-electron chi connectivity index (χ0n) is 14.8. The second kappa shape index (κ2) is 8.79. The summed E-state index contributed by atoms with van der Waals surface area (Å²) in [6, 6.07) is 9.20. The Bertz CT molecular complexity index is 1060. The zero-order chi connectivity index (χ0) is 20.1. The average molecular weight is 406 g/mol. The summed E-state index contributed by atoms with van der Waals surface area (Å²) in [6.45, 7) is -0.820. The molecule has 0 bridgehead atoms. The number of fused-ring (bicyclic) bond motifs is 1. The van der Waals surface area contributed by atoms with Gasteiger partial charge in [-0.1, -0.05) is 23.9 Å². The van der Waals surface area contributed by atoms with Gasteiger partial charge >= 0.3 is 6.61 Å². The monoisotopic (exact) mass is 406 g/mol. The first kappa shape index (κ1) is 19.7. The molecule has 0 aliphatic heterocycles. The van der Waals surface area contributed by atoms with Gasteiger partial charge in [0.1, 0.15) is 5.75 Å². The summed E-state index contributed by atoms with van der Waals surface area (Å²) in [4.78, 5) is 33.3. The van der Waals surface area contributed by atoms with Crippen LogP contribution in [0.5, 0.6) is 5.75 Å². The second-order valence-electron chi connectivity index (χ2n) is 5.53. The van der Waals surface area contributed by atoms with Crippen LogP contribution in [0.25, 0.3) is 11.0 Å². The number of aromatic nitrogens is 3. The number of hydrogen-bond acceptors (Lipinski definition) is 6. The number of halogens is 2. The normalized spacial score (nSPS) is 11.0. The molecule has 10 heteroatoms. The molecule has 0 spiro atoms. The van der Waals surface area contributed by atoms with Crippen molar-refractivity contribution >= 4 is 34.4 Å². The van der Waals surface area contributed by atoms with Crippen molar-refractivity contribution in [3.05, 3.63) is 52.9 Å². The highest BCUT2D eigenvalue weighted by Crippen LogP contribution is 2.26. The van der Waals surface area contributed by atoms with Crippen molar-refractivity contribution < 1.29 is 18.3 Å². The molecule has 1 N–H and O–H groups in total. The molecule has 3 rings (SSSR count). The van der Waals surface area contributed by atoms with E-state index in [2.05, 4.69) is 20.0 Å². The maximum atomic E-state index is 12.5. The molecule has 7 nitrogen and oxygen atoms in total. The number of thioether (sulfide) groups is 1. The van der Waals surface area contributed by atoms with Crippen LogP contribution in [0.15, 0.2) is 52.5 Å². The Balaban J connectivity index is 1.76. The maximum absolute atomic E-state index is 12.5. The van der Waals surface area contributed by atoms with Crippen LogP contribution < -0.4 is 15.6 Å². The van der Waals surface area contributed by atoms with E-state index in [4.69, 9.17) is 0 Å². The molecule has 0 aliphatic rings. The number of benzene rings is 1. The van der Waals surface area contributed by atoms with Gasteiger partial charge in [-0.2, -0.15) is 8.78 Å². The maximum Gasteiger partial charge on any atom is 0.387 e. The Kier molecular flexibility index (Phi) is 6.19. The van der Waals surface area contributed by atoms with Crippen molar-refractivity contribution in [2.75, 3.05) is 11.1 Å². The topological polar surface area (TPSA) is 86.1 Å². The Morgan fingerprint density at radius 3 is 2.82 bits per heavy atom. The molecule has 146 valence electrons. The number of para-hydroxylation sites is 2. The minimum atomic E-state index is -3.00. The van der Waals surface area contributed by atoms with E-state index < -0.39 is 12.5 Å².